The van der Waals surface area contributed by atoms with E-state index in [1.54, 1.807) is 31.2 Å². The largest absolute Gasteiger partial charge is 0.490 e. The number of hydrogen-bond donors (Lipinski definition) is 1. The van der Waals surface area contributed by atoms with E-state index in [2.05, 4.69) is 5.32 Å². The summed E-state index contributed by atoms with van der Waals surface area (Å²) in [6.07, 6.45) is 0. The lowest BCUT2D eigenvalue weighted by molar-refractivity contribution is -0.131. The molecule has 1 heterocycles. The summed E-state index contributed by atoms with van der Waals surface area (Å²) in [4.78, 5) is 26.1. The van der Waals surface area contributed by atoms with E-state index in [1.165, 1.54) is 4.90 Å². The number of nitrogens with one attached hydrogen (secondary N) is 1. The molecule has 1 aliphatic heterocycles. The van der Waals surface area contributed by atoms with Gasteiger partial charge >= 0.3 is 6.03 Å². The third-order valence-corrected chi connectivity index (χ3v) is 4.35. The average Bonchev–Trinajstić information content (AvgIpc) is 2.81. The van der Waals surface area contributed by atoms with Crippen molar-refractivity contribution in [1.82, 2.24) is 10.2 Å². The Kier molecular flexibility index (Phi) is 4.44. The van der Waals surface area contributed by atoms with Crippen molar-refractivity contribution in [2.24, 2.45) is 0 Å². The minimum Gasteiger partial charge on any atom is -0.490 e. The third kappa shape index (κ3) is 2.95. The minimum atomic E-state index is -1.05. The van der Waals surface area contributed by atoms with Gasteiger partial charge in [0.05, 0.1) is 11.6 Å². The van der Waals surface area contributed by atoms with Crippen LogP contribution < -0.4 is 10.1 Å². The zero-order valence-electron chi connectivity index (χ0n) is 13.2. The molecule has 1 atom stereocenters. The fourth-order valence-electron chi connectivity index (χ4n) is 2.68. The molecule has 5 nitrogen and oxygen atoms in total. The van der Waals surface area contributed by atoms with Crippen LogP contribution in [-0.2, 0) is 10.3 Å². The van der Waals surface area contributed by atoms with Gasteiger partial charge in [0, 0.05) is 0 Å². The van der Waals surface area contributed by atoms with Crippen LogP contribution in [0.3, 0.4) is 0 Å². The zero-order chi connectivity index (χ0) is 17.2. The molecular weight excluding hydrogens is 328 g/mol. The predicted molar refractivity (Wildman–Crippen MR) is 91.0 cm³/mol. The van der Waals surface area contributed by atoms with Crippen LogP contribution in [0.15, 0.2) is 54.6 Å². The van der Waals surface area contributed by atoms with Gasteiger partial charge in [0.15, 0.2) is 0 Å². The maximum Gasteiger partial charge on any atom is 0.325 e. The first-order valence-corrected chi connectivity index (χ1v) is 7.97. The number of nitrogens with zero attached hydrogens (tertiary/aromatic N) is 1. The Morgan fingerprint density at radius 1 is 1.08 bits per heavy atom. The Bertz CT molecular complexity index is 766. The van der Waals surface area contributed by atoms with E-state index in [9.17, 15) is 9.59 Å². The quantitative estimate of drug-likeness (QED) is 0.847. The summed E-state index contributed by atoms with van der Waals surface area (Å²) in [6, 6.07) is 15.8. The molecular formula is C18H17ClN2O3. The van der Waals surface area contributed by atoms with Crippen LogP contribution in [0.2, 0.25) is 5.02 Å². The lowest BCUT2D eigenvalue weighted by atomic mass is 9.92. The van der Waals surface area contributed by atoms with Crippen LogP contribution in [0.4, 0.5) is 4.79 Å². The Labute approximate surface area is 145 Å². The van der Waals surface area contributed by atoms with Crippen molar-refractivity contribution in [3.05, 3.63) is 65.2 Å². The van der Waals surface area contributed by atoms with Gasteiger partial charge in [0.2, 0.25) is 0 Å². The van der Waals surface area contributed by atoms with Crippen LogP contribution in [0.1, 0.15) is 12.5 Å². The maximum atomic E-state index is 12.7. The molecule has 1 aliphatic rings. The molecule has 0 radical (unpaired) electrons. The van der Waals surface area contributed by atoms with E-state index in [1.807, 2.05) is 30.3 Å². The van der Waals surface area contributed by atoms with Crippen molar-refractivity contribution in [2.45, 2.75) is 12.5 Å². The number of amides is 3. The first-order valence-electron chi connectivity index (χ1n) is 7.59. The fraction of sp³-hybridized carbons (Fsp3) is 0.222. The summed E-state index contributed by atoms with van der Waals surface area (Å²) >= 11 is 6.02. The van der Waals surface area contributed by atoms with Gasteiger partial charge in [0.1, 0.15) is 17.9 Å². The standard InChI is InChI=1S/C18H17ClN2O3/c1-18(13-7-3-2-4-8-13)16(22)21(17(23)20-18)11-12-24-15-10-6-5-9-14(15)19/h2-10H,11-12H2,1H3,(H,20,23). The van der Waals surface area contributed by atoms with Crippen LogP contribution in [-0.4, -0.2) is 30.0 Å². The summed E-state index contributed by atoms with van der Waals surface area (Å²) in [5.74, 6) is 0.235. The summed E-state index contributed by atoms with van der Waals surface area (Å²) in [5.41, 5.74) is -0.305. The number of urea groups is 1. The van der Waals surface area contributed by atoms with Crippen molar-refractivity contribution in [1.29, 1.82) is 0 Å². The fourth-order valence-corrected chi connectivity index (χ4v) is 2.87. The molecule has 0 saturated carbocycles. The van der Waals surface area contributed by atoms with E-state index in [4.69, 9.17) is 16.3 Å². The molecule has 6 heteroatoms. The van der Waals surface area contributed by atoms with Crippen molar-refractivity contribution >= 4 is 23.5 Å². The van der Waals surface area contributed by atoms with Crippen molar-refractivity contribution in [2.75, 3.05) is 13.2 Å². The number of imide groups is 1. The van der Waals surface area contributed by atoms with E-state index < -0.39 is 11.6 Å². The second kappa shape index (κ2) is 6.53. The number of para-hydroxylation sites is 1. The molecule has 1 saturated heterocycles. The summed E-state index contributed by atoms with van der Waals surface area (Å²) in [5, 5.41) is 3.25. The van der Waals surface area contributed by atoms with Crippen molar-refractivity contribution in [3.8, 4) is 5.75 Å². The molecule has 2 aromatic rings. The maximum absolute atomic E-state index is 12.7. The van der Waals surface area contributed by atoms with Crippen LogP contribution in [0, 0.1) is 0 Å². The Morgan fingerprint density at radius 2 is 1.75 bits per heavy atom. The minimum absolute atomic E-state index is 0.151. The van der Waals surface area contributed by atoms with Crippen LogP contribution >= 0.6 is 11.6 Å². The van der Waals surface area contributed by atoms with E-state index in [0.717, 1.165) is 5.56 Å². The van der Waals surface area contributed by atoms with E-state index in [0.29, 0.717) is 10.8 Å². The molecule has 3 rings (SSSR count). The molecule has 1 unspecified atom stereocenters. The average molecular weight is 345 g/mol. The Balaban J connectivity index is 1.68. The normalized spacial score (nSPS) is 20.2. The second-order valence-corrected chi connectivity index (χ2v) is 6.06. The first kappa shape index (κ1) is 16.3. The van der Waals surface area contributed by atoms with Gasteiger partial charge in [-0.15, -0.1) is 0 Å². The molecule has 0 spiro atoms. The molecule has 0 bridgehead atoms. The van der Waals surface area contributed by atoms with E-state index in [-0.39, 0.29) is 19.1 Å². The van der Waals surface area contributed by atoms with E-state index >= 15 is 0 Å². The Morgan fingerprint density at radius 3 is 2.46 bits per heavy atom. The molecule has 0 aromatic heterocycles. The van der Waals surface area contributed by atoms with Crippen LogP contribution in [0.5, 0.6) is 5.75 Å². The van der Waals surface area contributed by atoms with Gasteiger partial charge in [-0.1, -0.05) is 54.1 Å². The summed E-state index contributed by atoms with van der Waals surface area (Å²) < 4.78 is 5.56. The van der Waals surface area contributed by atoms with Gasteiger partial charge in [0.25, 0.3) is 5.91 Å². The SMILES string of the molecule is CC1(c2ccccc2)NC(=O)N(CCOc2ccccc2Cl)C1=O. The predicted octanol–water partition coefficient (Wildman–Crippen LogP) is 3.19. The van der Waals surface area contributed by atoms with Gasteiger partial charge < -0.3 is 10.1 Å². The third-order valence-electron chi connectivity index (χ3n) is 4.04. The van der Waals surface area contributed by atoms with Crippen molar-refractivity contribution in [3.63, 3.8) is 0 Å². The smallest absolute Gasteiger partial charge is 0.325 e. The molecule has 1 fully saturated rings. The van der Waals surface area contributed by atoms with Gasteiger partial charge in [-0.2, -0.15) is 0 Å². The number of carbonyl (C=O) groups is 2. The molecule has 0 aliphatic carbocycles. The number of rotatable bonds is 5. The lowest BCUT2D eigenvalue weighted by Crippen LogP contribution is -2.41. The monoisotopic (exact) mass is 344 g/mol. The number of benzene rings is 2. The number of carbonyl (C=O) groups excluding carboxylic acids is 2. The van der Waals surface area contributed by atoms with Crippen molar-refractivity contribution < 1.29 is 14.3 Å². The van der Waals surface area contributed by atoms with Crippen LogP contribution in [0.25, 0.3) is 0 Å². The van der Waals surface area contributed by atoms with Gasteiger partial charge in [-0.25, -0.2) is 4.79 Å². The molecule has 1 N–H and O–H groups in total. The zero-order valence-corrected chi connectivity index (χ0v) is 13.9. The summed E-state index contributed by atoms with van der Waals surface area (Å²) in [7, 11) is 0. The lowest BCUT2D eigenvalue weighted by Gasteiger charge is -2.22. The highest BCUT2D eigenvalue weighted by Crippen LogP contribution is 2.28. The molecule has 24 heavy (non-hydrogen) atoms. The first-order chi connectivity index (χ1) is 11.5. The number of ether oxygens (including phenoxy) is 1. The topological polar surface area (TPSA) is 58.6 Å². The molecule has 2 aromatic carbocycles. The number of halogens is 1. The van der Waals surface area contributed by atoms with Gasteiger partial charge in [-0.3, -0.25) is 9.69 Å². The highest BCUT2D eigenvalue weighted by molar-refractivity contribution is 6.32. The van der Waals surface area contributed by atoms with Gasteiger partial charge in [-0.05, 0) is 24.6 Å². The Hall–Kier alpha value is -2.53. The molecule has 3 amide bonds. The number of hydrogen-bond acceptors (Lipinski definition) is 3. The highest BCUT2D eigenvalue weighted by atomic mass is 35.5. The summed E-state index contributed by atoms with van der Waals surface area (Å²) in [6.45, 7) is 2.03. The highest BCUT2D eigenvalue weighted by Gasteiger charge is 2.48. The second-order valence-electron chi connectivity index (χ2n) is 5.66. The molecule has 124 valence electrons.